The largest absolute Gasteiger partial charge is 0.444 e. The zero-order valence-electron chi connectivity index (χ0n) is 25.2. The van der Waals surface area contributed by atoms with Gasteiger partial charge in [-0.3, -0.25) is 9.47 Å². The zero-order valence-corrected chi connectivity index (χ0v) is 25.2. The van der Waals surface area contributed by atoms with Crippen LogP contribution in [0.3, 0.4) is 0 Å². The normalized spacial score (nSPS) is 15.9. The molecule has 6 rings (SSSR count). The molecule has 0 bridgehead atoms. The number of nitrogens with two attached hydrogens (primary N) is 1. The van der Waals surface area contributed by atoms with Gasteiger partial charge in [-0.2, -0.15) is 0 Å². The van der Waals surface area contributed by atoms with Gasteiger partial charge in [0.25, 0.3) is 0 Å². The number of piperazine rings is 1. The molecule has 1 atom stereocenters. The van der Waals surface area contributed by atoms with Gasteiger partial charge in [0.15, 0.2) is 11.5 Å². The summed E-state index contributed by atoms with van der Waals surface area (Å²) in [6.45, 7) is 7.82. The maximum Gasteiger partial charge on any atom is 0.410 e. The maximum atomic E-state index is 12.7. The number of benzene rings is 2. The molecule has 3 aromatic heterocycles. The van der Waals surface area contributed by atoms with Crippen LogP contribution in [0.4, 0.5) is 10.6 Å². The molecule has 0 saturated carbocycles. The number of aromatic nitrogens is 4. The van der Waals surface area contributed by atoms with Gasteiger partial charge in [0, 0.05) is 43.6 Å². The Kier molecular flexibility index (Phi) is 8.03. The molecule has 3 N–H and O–H groups in total. The third-order valence-corrected chi connectivity index (χ3v) is 7.66. The third kappa shape index (κ3) is 6.13. The van der Waals surface area contributed by atoms with Gasteiger partial charge in [-0.05, 0) is 62.7 Å². The summed E-state index contributed by atoms with van der Waals surface area (Å²) in [6, 6.07) is 25.8. The smallest absolute Gasteiger partial charge is 0.410 e. The number of imidazole rings is 1. The van der Waals surface area contributed by atoms with Gasteiger partial charge in [0.1, 0.15) is 16.9 Å². The first-order valence-corrected chi connectivity index (χ1v) is 14.8. The average molecular weight is 592 g/mol. The number of amides is 1. The molecule has 1 amide bonds. The number of aliphatic hydroxyl groups is 1. The van der Waals surface area contributed by atoms with Crippen molar-refractivity contribution >= 4 is 23.1 Å². The van der Waals surface area contributed by atoms with Crippen molar-refractivity contribution in [1.29, 1.82) is 0 Å². The fraction of sp³-hybridized carbons (Fsp3) is 0.294. The number of ether oxygens (including phenoxy) is 1. The van der Waals surface area contributed by atoms with Crippen LogP contribution in [0.5, 0.6) is 0 Å². The van der Waals surface area contributed by atoms with Crippen LogP contribution >= 0.6 is 0 Å². The lowest BCUT2D eigenvalue weighted by Crippen LogP contribution is -2.57. The Morgan fingerprint density at radius 3 is 2.45 bits per heavy atom. The van der Waals surface area contributed by atoms with Crippen molar-refractivity contribution in [3.05, 3.63) is 90.6 Å². The van der Waals surface area contributed by atoms with E-state index in [1.54, 1.807) is 11.1 Å². The highest BCUT2D eigenvalue weighted by Crippen LogP contribution is 2.32. The molecule has 44 heavy (non-hydrogen) atoms. The van der Waals surface area contributed by atoms with E-state index in [1.807, 2.05) is 79.9 Å². The van der Waals surface area contributed by atoms with Crippen molar-refractivity contribution in [2.24, 2.45) is 0 Å². The second-order valence-corrected chi connectivity index (χ2v) is 12.0. The number of hydrogen-bond donors (Lipinski definition) is 2. The fourth-order valence-corrected chi connectivity index (χ4v) is 5.55. The molecule has 10 heteroatoms. The fourth-order valence-electron chi connectivity index (χ4n) is 5.55. The predicted molar refractivity (Wildman–Crippen MR) is 171 cm³/mol. The summed E-state index contributed by atoms with van der Waals surface area (Å²) in [4.78, 5) is 30.9. The van der Waals surface area contributed by atoms with Crippen LogP contribution in [0.25, 0.3) is 39.5 Å². The van der Waals surface area contributed by atoms with Crippen molar-refractivity contribution in [1.82, 2.24) is 29.3 Å². The second kappa shape index (κ2) is 12.1. The first-order chi connectivity index (χ1) is 21.2. The second-order valence-electron chi connectivity index (χ2n) is 12.0. The molecule has 226 valence electrons. The standard InChI is InChI=1S/C34H37N7O3/c1-34(2,3)44-33(43)40-19-18-39(21-26(40)22-42)20-23-11-13-25(14-12-23)41-31(27-10-7-17-36-30(27)35)38-29-16-15-28(37-32(29)41)24-8-5-4-6-9-24/h4-17,26,42H,18-22H2,1-3H3,(H2,35,36)/t26-/m1/s1. The van der Waals surface area contributed by atoms with Crippen molar-refractivity contribution < 1.29 is 14.6 Å². The molecular weight excluding hydrogens is 554 g/mol. The Balaban J connectivity index is 1.29. The summed E-state index contributed by atoms with van der Waals surface area (Å²) < 4.78 is 7.58. The Hall–Kier alpha value is -4.80. The van der Waals surface area contributed by atoms with Gasteiger partial charge in [0.05, 0.1) is 23.9 Å². The number of pyridine rings is 2. The predicted octanol–water partition coefficient (Wildman–Crippen LogP) is 5.15. The van der Waals surface area contributed by atoms with E-state index in [9.17, 15) is 9.90 Å². The molecule has 1 saturated heterocycles. The van der Waals surface area contributed by atoms with E-state index in [-0.39, 0.29) is 18.7 Å². The lowest BCUT2D eigenvalue weighted by molar-refractivity contribution is -0.0127. The van der Waals surface area contributed by atoms with Crippen molar-refractivity contribution in [3.8, 4) is 28.3 Å². The van der Waals surface area contributed by atoms with E-state index in [1.165, 1.54) is 0 Å². The van der Waals surface area contributed by atoms with Gasteiger partial charge >= 0.3 is 6.09 Å². The van der Waals surface area contributed by atoms with E-state index in [0.29, 0.717) is 37.8 Å². The van der Waals surface area contributed by atoms with Crippen LogP contribution in [-0.2, 0) is 11.3 Å². The molecular formula is C34H37N7O3. The molecule has 4 heterocycles. The van der Waals surface area contributed by atoms with Gasteiger partial charge < -0.3 is 20.5 Å². The Morgan fingerprint density at radius 1 is 0.977 bits per heavy atom. The number of carbonyl (C=O) groups excluding carboxylic acids is 1. The summed E-state index contributed by atoms with van der Waals surface area (Å²) in [7, 11) is 0. The number of nitrogen functional groups attached to an aromatic ring is 1. The Morgan fingerprint density at radius 2 is 1.75 bits per heavy atom. The average Bonchev–Trinajstić information content (AvgIpc) is 3.39. The highest BCUT2D eigenvalue weighted by Gasteiger charge is 2.33. The molecule has 0 aliphatic carbocycles. The Labute approximate surface area is 256 Å². The minimum absolute atomic E-state index is 0.124. The number of fused-ring (bicyclic) bond motifs is 1. The van der Waals surface area contributed by atoms with E-state index in [4.69, 9.17) is 20.4 Å². The third-order valence-electron chi connectivity index (χ3n) is 7.66. The van der Waals surface area contributed by atoms with Gasteiger partial charge in [-0.25, -0.2) is 19.7 Å². The molecule has 1 aliphatic heterocycles. The lowest BCUT2D eigenvalue weighted by atomic mass is 10.1. The topological polar surface area (TPSA) is 123 Å². The SMILES string of the molecule is CC(C)(C)OC(=O)N1CCN(Cc2ccc(-n3c(-c4cccnc4N)nc4ccc(-c5ccccc5)nc43)cc2)C[C@@H]1CO. The van der Waals surface area contributed by atoms with Gasteiger partial charge in [-0.15, -0.1) is 0 Å². The summed E-state index contributed by atoms with van der Waals surface area (Å²) in [5.74, 6) is 1.06. The number of aliphatic hydroxyl groups excluding tert-OH is 1. The van der Waals surface area contributed by atoms with Crippen LogP contribution in [0.1, 0.15) is 26.3 Å². The summed E-state index contributed by atoms with van der Waals surface area (Å²) in [6.07, 6.45) is 1.28. The number of anilines is 1. The van der Waals surface area contributed by atoms with Crippen LogP contribution in [-0.4, -0.2) is 78.4 Å². The van der Waals surface area contributed by atoms with Crippen LogP contribution in [0.15, 0.2) is 85.1 Å². The van der Waals surface area contributed by atoms with Crippen molar-refractivity contribution in [3.63, 3.8) is 0 Å². The number of carbonyl (C=O) groups is 1. The highest BCUT2D eigenvalue weighted by atomic mass is 16.6. The quantitative estimate of drug-likeness (QED) is 0.278. The Bertz CT molecular complexity index is 1760. The molecule has 0 radical (unpaired) electrons. The summed E-state index contributed by atoms with van der Waals surface area (Å²) in [5.41, 5.74) is 11.8. The van der Waals surface area contributed by atoms with Crippen LogP contribution in [0.2, 0.25) is 0 Å². The molecule has 0 spiro atoms. The molecule has 10 nitrogen and oxygen atoms in total. The first-order valence-electron chi connectivity index (χ1n) is 14.8. The zero-order chi connectivity index (χ0) is 30.8. The molecule has 1 fully saturated rings. The van der Waals surface area contributed by atoms with E-state index >= 15 is 0 Å². The van der Waals surface area contributed by atoms with Gasteiger partial charge in [0.2, 0.25) is 0 Å². The van der Waals surface area contributed by atoms with E-state index in [0.717, 1.165) is 39.2 Å². The van der Waals surface area contributed by atoms with E-state index in [2.05, 4.69) is 34.1 Å². The summed E-state index contributed by atoms with van der Waals surface area (Å²) >= 11 is 0. The minimum atomic E-state index is -0.586. The van der Waals surface area contributed by atoms with Gasteiger partial charge in [-0.1, -0.05) is 42.5 Å². The molecule has 5 aromatic rings. The first kappa shape index (κ1) is 29.3. The lowest BCUT2D eigenvalue weighted by Gasteiger charge is -2.41. The molecule has 0 unspecified atom stereocenters. The van der Waals surface area contributed by atoms with Crippen LogP contribution in [0, 0.1) is 0 Å². The monoisotopic (exact) mass is 591 g/mol. The highest BCUT2D eigenvalue weighted by molar-refractivity contribution is 5.84. The molecule has 2 aromatic carbocycles. The van der Waals surface area contributed by atoms with Crippen molar-refractivity contribution in [2.75, 3.05) is 32.0 Å². The van der Waals surface area contributed by atoms with Crippen molar-refractivity contribution in [2.45, 2.75) is 39.0 Å². The summed E-state index contributed by atoms with van der Waals surface area (Å²) in [5, 5.41) is 10.0. The maximum absolute atomic E-state index is 12.7. The number of nitrogens with zero attached hydrogens (tertiary/aromatic N) is 6. The van der Waals surface area contributed by atoms with Crippen LogP contribution < -0.4 is 5.73 Å². The molecule has 1 aliphatic rings. The number of hydrogen-bond acceptors (Lipinski definition) is 8. The minimum Gasteiger partial charge on any atom is -0.444 e. The van der Waals surface area contributed by atoms with E-state index < -0.39 is 5.60 Å². The number of rotatable bonds is 6.